The summed E-state index contributed by atoms with van der Waals surface area (Å²) in [4.78, 5) is 19.0. The van der Waals surface area contributed by atoms with E-state index in [4.69, 9.17) is 14.2 Å². The molecule has 8 nitrogen and oxygen atoms in total. The Labute approximate surface area is 192 Å². The van der Waals surface area contributed by atoms with E-state index >= 15 is 0 Å². The van der Waals surface area contributed by atoms with Crippen molar-refractivity contribution < 1.29 is 19.0 Å². The van der Waals surface area contributed by atoms with E-state index < -0.39 is 6.23 Å². The predicted octanol–water partition coefficient (Wildman–Crippen LogP) is 4.48. The van der Waals surface area contributed by atoms with E-state index in [2.05, 4.69) is 31.1 Å². The molecule has 0 spiro atoms. The first-order chi connectivity index (χ1) is 15.0. The first-order valence-electron chi connectivity index (χ1n) is 9.24. The monoisotopic (exact) mass is 502 g/mol. The lowest BCUT2D eigenvalue weighted by Crippen LogP contribution is -2.36. The number of thioether (sulfide) groups is 1. The van der Waals surface area contributed by atoms with E-state index in [1.807, 2.05) is 36.6 Å². The fourth-order valence-corrected chi connectivity index (χ4v) is 4.23. The third-order valence-corrected chi connectivity index (χ3v) is 5.77. The standard InChI is InChI=1S/C21H19BrN4O4S/c1-11(27)26-15-8-6-5-7-13(15)17-19(23-21(31-4)25-24-17)30-20(26)14-9-12(22)10-16(28-2)18(14)29-3/h5-10,20H,1-4H3/t20-/m1/s1. The van der Waals surface area contributed by atoms with Gasteiger partial charge in [0.05, 0.1) is 25.5 Å². The van der Waals surface area contributed by atoms with E-state index in [0.29, 0.717) is 39.2 Å². The summed E-state index contributed by atoms with van der Waals surface area (Å²) in [5, 5.41) is 8.97. The number of ether oxygens (including phenoxy) is 3. The molecule has 0 aliphatic carbocycles. The Kier molecular flexibility index (Phi) is 6.01. The average molecular weight is 503 g/mol. The van der Waals surface area contributed by atoms with Gasteiger partial charge in [-0.2, -0.15) is 4.98 Å². The summed E-state index contributed by atoms with van der Waals surface area (Å²) < 4.78 is 18.3. The Morgan fingerprint density at radius 3 is 2.65 bits per heavy atom. The van der Waals surface area contributed by atoms with Crippen molar-refractivity contribution in [3.8, 4) is 28.6 Å². The molecule has 31 heavy (non-hydrogen) atoms. The molecule has 1 amide bonds. The molecule has 3 aromatic rings. The van der Waals surface area contributed by atoms with Crippen LogP contribution in [0.3, 0.4) is 0 Å². The smallest absolute Gasteiger partial charge is 0.247 e. The summed E-state index contributed by atoms with van der Waals surface area (Å²) in [5.41, 5.74) is 2.38. The second kappa shape index (κ2) is 8.72. The summed E-state index contributed by atoms with van der Waals surface area (Å²) in [6.07, 6.45) is 0.975. The number of hydrogen-bond acceptors (Lipinski definition) is 8. The average Bonchev–Trinajstić information content (AvgIpc) is 2.92. The van der Waals surface area contributed by atoms with Gasteiger partial charge in [0.1, 0.15) is 0 Å². The molecule has 2 heterocycles. The van der Waals surface area contributed by atoms with Crippen LogP contribution in [0.25, 0.3) is 11.3 Å². The Balaban J connectivity index is 2.03. The van der Waals surface area contributed by atoms with E-state index in [1.165, 1.54) is 18.7 Å². The molecular formula is C21H19BrN4O4S. The Morgan fingerprint density at radius 2 is 1.97 bits per heavy atom. The molecule has 1 aromatic heterocycles. The topological polar surface area (TPSA) is 86.7 Å². The van der Waals surface area contributed by atoms with Crippen LogP contribution in [0.5, 0.6) is 17.4 Å². The van der Waals surface area contributed by atoms with Gasteiger partial charge < -0.3 is 14.2 Å². The molecule has 0 saturated carbocycles. The van der Waals surface area contributed by atoms with Crippen LogP contribution in [0.4, 0.5) is 5.69 Å². The van der Waals surface area contributed by atoms with Gasteiger partial charge in [0.2, 0.25) is 23.2 Å². The summed E-state index contributed by atoms with van der Waals surface area (Å²) in [6.45, 7) is 1.48. The normalized spacial score (nSPS) is 14.7. The highest BCUT2D eigenvalue weighted by molar-refractivity contribution is 9.10. The SMILES string of the molecule is COc1cc(Br)cc([C@H]2Oc3nc(SC)nnc3-c3ccccc3N2C(C)=O)c1OC. The molecule has 1 atom stereocenters. The van der Waals surface area contributed by atoms with Crippen LogP contribution in [-0.2, 0) is 4.79 Å². The summed E-state index contributed by atoms with van der Waals surface area (Å²) in [6, 6.07) is 11.0. The maximum Gasteiger partial charge on any atom is 0.247 e. The van der Waals surface area contributed by atoms with Crippen LogP contribution in [0, 0.1) is 0 Å². The molecule has 2 aromatic carbocycles. The van der Waals surface area contributed by atoms with Crippen molar-refractivity contribution in [2.75, 3.05) is 25.4 Å². The number of benzene rings is 2. The van der Waals surface area contributed by atoms with Gasteiger partial charge in [-0.1, -0.05) is 45.9 Å². The number of aromatic nitrogens is 3. The first-order valence-corrected chi connectivity index (χ1v) is 11.3. The summed E-state index contributed by atoms with van der Waals surface area (Å²) in [5.74, 6) is 1.02. The second-order valence-electron chi connectivity index (χ2n) is 6.56. The lowest BCUT2D eigenvalue weighted by molar-refractivity contribution is -0.118. The van der Waals surface area contributed by atoms with Crippen LogP contribution in [-0.4, -0.2) is 41.6 Å². The molecule has 1 aliphatic rings. The van der Waals surface area contributed by atoms with E-state index in [1.54, 1.807) is 25.2 Å². The zero-order valence-electron chi connectivity index (χ0n) is 17.2. The van der Waals surface area contributed by atoms with Gasteiger partial charge in [-0.25, -0.2) is 0 Å². The van der Waals surface area contributed by atoms with Crippen LogP contribution < -0.4 is 19.1 Å². The van der Waals surface area contributed by atoms with Crippen LogP contribution in [0.15, 0.2) is 46.0 Å². The van der Waals surface area contributed by atoms with E-state index in [-0.39, 0.29) is 11.8 Å². The number of methoxy groups -OCH3 is 2. The van der Waals surface area contributed by atoms with Gasteiger partial charge in [-0.3, -0.25) is 9.69 Å². The fourth-order valence-electron chi connectivity index (χ4n) is 3.48. The molecule has 0 N–H and O–H groups in total. The maximum atomic E-state index is 12.9. The molecular weight excluding hydrogens is 484 g/mol. The number of fused-ring (bicyclic) bond motifs is 3. The first kappa shape index (κ1) is 21.4. The molecule has 4 rings (SSSR count). The summed E-state index contributed by atoms with van der Waals surface area (Å²) in [7, 11) is 3.10. The fraction of sp³-hybridized carbons (Fsp3) is 0.238. The molecule has 0 bridgehead atoms. The van der Waals surface area contributed by atoms with Crippen molar-refractivity contribution in [1.29, 1.82) is 0 Å². The molecule has 0 unspecified atom stereocenters. The van der Waals surface area contributed by atoms with Crippen LogP contribution in [0.2, 0.25) is 0 Å². The lowest BCUT2D eigenvalue weighted by atomic mass is 10.1. The third-order valence-electron chi connectivity index (χ3n) is 4.77. The third kappa shape index (κ3) is 3.81. The van der Waals surface area contributed by atoms with Gasteiger partial charge >= 0.3 is 0 Å². The van der Waals surface area contributed by atoms with Crippen molar-refractivity contribution in [2.24, 2.45) is 0 Å². The van der Waals surface area contributed by atoms with Gasteiger partial charge in [-0.15, -0.1) is 10.2 Å². The minimum atomic E-state index is -0.882. The highest BCUT2D eigenvalue weighted by Crippen LogP contribution is 2.47. The maximum absolute atomic E-state index is 12.9. The Morgan fingerprint density at radius 1 is 1.19 bits per heavy atom. The zero-order valence-corrected chi connectivity index (χ0v) is 19.7. The number of halogens is 1. The van der Waals surface area contributed by atoms with E-state index in [0.717, 1.165) is 4.47 Å². The molecule has 0 fully saturated rings. The zero-order chi connectivity index (χ0) is 22.1. The van der Waals surface area contributed by atoms with Gasteiger partial charge in [-0.05, 0) is 24.5 Å². The quantitative estimate of drug-likeness (QED) is 0.482. The Hall–Kier alpha value is -2.85. The number of carbonyl (C=O) groups is 1. The largest absolute Gasteiger partial charge is 0.493 e. The number of amides is 1. The van der Waals surface area contributed by atoms with Gasteiger partial charge in [0.15, 0.2) is 17.2 Å². The molecule has 160 valence electrons. The number of nitrogens with zero attached hydrogens (tertiary/aromatic N) is 4. The van der Waals surface area contributed by atoms with Crippen molar-refractivity contribution in [2.45, 2.75) is 18.3 Å². The number of para-hydroxylation sites is 1. The molecule has 0 radical (unpaired) electrons. The summed E-state index contributed by atoms with van der Waals surface area (Å²) >= 11 is 4.86. The van der Waals surface area contributed by atoms with E-state index in [9.17, 15) is 4.79 Å². The predicted molar refractivity (Wildman–Crippen MR) is 121 cm³/mol. The van der Waals surface area contributed by atoms with Crippen molar-refractivity contribution in [3.63, 3.8) is 0 Å². The minimum absolute atomic E-state index is 0.218. The van der Waals surface area contributed by atoms with Crippen molar-refractivity contribution in [3.05, 3.63) is 46.4 Å². The van der Waals surface area contributed by atoms with Crippen molar-refractivity contribution >= 4 is 39.3 Å². The van der Waals surface area contributed by atoms with Gasteiger partial charge in [0, 0.05) is 17.0 Å². The number of hydrogen-bond donors (Lipinski definition) is 0. The highest BCUT2D eigenvalue weighted by Gasteiger charge is 2.37. The van der Waals surface area contributed by atoms with Gasteiger partial charge in [0.25, 0.3) is 0 Å². The number of rotatable bonds is 4. The van der Waals surface area contributed by atoms with Crippen LogP contribution in [0.1, 0.15) is 18.7 Å². The highest BCUT2D eigenvalue weighted by atomic mass is 79.9. The number of anilines is 1. The second-order valence-corrected chi connectivity index (χ2v) is 8.25. The molecule has 10 heteroatoms. The molecule has 0 saturated heterocycles. The van der Waals surface area contributed by atoms with Crippen molar-refractivity contribution in [1.82, 2.24) is 15.2 Å². The lowest BCUT2D eigenvalue weighted by Gasteiger charge is -2.31. The molecule has 1 aliphatic heterocycles. The van der Waals surface area contributed by atoms with Crippen LogP contribution >= 0.6 is 27.7 Å². The minimum Gasteiger partial charge on any atom is -0.493 e. The Bertz CT molecular complexity index is 1160. The number of carbonyl (C=O) groups excluding carboxylic acids is 1.